The Morgan fingerprint density at radius 3 is 2.41 bits per heavy atom. The molecule has 0 heterocycles. The van der Waals surface area contributed by atoms with E-state index in [4.69, 9.17) is 14.2 Å². The second-order valence-corrected chi connectivity index (χ2v) is 5.64. The Bertz CT molecular complexity index is 764. The molecule has 0 aliphatic carbocycles. The van der Waals surface area contributed by atoms with Crippen LogP contribution in [0.3, 0.4) is 0 Å². The van der Waals surface area contributed by atoms with Crippen molar-refractivity contribution in [2.24, 2.45) is 0 Å². The van der Waals surface area contributed by atoms with Gasteiger partial charge in [0.2, 0.25) is 0 Å². The zero-order valence-electron chi connectivity index (χ0n) is 15.5. The summed E-state index contributed by atoms with van der Waals surface area (Å²) in [5.74, 6) is 0.383. The fourth-order valence-electron chi connectivity index (χ4n) is 2.37. The molecule has 0 saturated carbocycles. The average Bonchev–Trinajstić information content (AvgIpc) is 2.70. The minimum atomic E-state index is -0.375. The summed E-state index contributed by atoms with van der Waals surface area (Å²) in [7, 11) is 3.14. The molecular formula is C20H24N2O5. The van der Waals surface area contributed by atoms with E-state index < -0.39 is 0 Å². The summed E-state index contributed by atoms with van der Waals surface area (Å²) in [5, 5.41) is 5.51. The van der Waals surface area contributed by atoms with Crippen LogP contribution in [0.5, 0.6) is 11.5 Å². The normalized spacial score (nSPS) is 10.1. The maximum atomic E-state index is 12.3. The summed E-state index contributed by atoms with van der Waals surface area (Å²) in [5.41, 5.74) is 0.816. The number of hydrogen-bond donors (Lipinski definition) is 2. The second-order valence-electron chi connectivity index (χ2n) is 5.64. The summed E-state index contributed by atoms with van der Waals surface area (Å²) in [6.07, 6.45) is 0.712. The molecule has 0 aliphatic rings. The number of rotatable bonds is 10. The Morgan fingerprint density at radius 2 is 1.67 bits per heavy atom. The summed E-state index contributed by atoms with van der Waals surface area (Å²) in [6, 6.07) is 13.9. The Hall–Kier alpha value is -3.06. The van der Waals surface area contributed by atoms with Gasteiger partial charge in [-0.2, -0.15) is 0 Å². The molecule has 0 bridgehead atoms. The first kappa shape index (κ1) is 20.3. The van der Waals surface area contributed by atoms with Crippen molar-refractivity contribution in [1.29, 1.82) is 0 Å². The van der Waals surface area contributed by atoms with E-state index >= 15 is 0 Å². The van der Waals surface area contributed by atoms with Gasteiger partial charge in [-0.3, -0.25) is 9.59 Å². The number of carbonyl (C=O) groups excluding carboxylic acids is 2. The van der Waals surface area contributed by atoms with Gasteiger partial charge in [-0.25, -0.2) is 0 Å². The van der Waals surface area contributed by atoms with Gasteiger partial charge in [0.15, 0.2) is 18.1 Å². The molecule has 27 heavy (non-hydrogen) atoms. The summed E-state index contributed by atoms with van der Waals surface area (Å²) in [4.78, 5) is 24.6. The maximum Gasteiger partial charge on any atom is 0.262 e. The third-order valence-electron chi connectivity index (χ3n) is 3.68. The molecule has 2 aromatic carbocycles. The molecular weight excluding hydrogens is 348 g/mol. The quantitative estimate of drug-likeness (QED) is 0.626. The maximum absolute atomic E-state index is 12.3. The van der Waals surface area contributed by atoms with E-state index in [1.165, 1.54) is 7.11 Å². The number of nitrogens with one attached hydrogen (secondary N) is 2. The van der Waals surface area contributed by atoms with Crippen LogP contribution in [0.2, 0.25) is 0 Å². The number of benzene rings is 2. The van der Waals surface area contributed by atoms with Crippen molar-refractivity contribution in [2.75, 3.05) is 39.3 Å². The van der Waals surface area contributed by atoms with E-state index in [-0.39, 0.29) is 18.4 Å². The van der Waals surface area contributed by atoms with Crippen molar-refractivity contribution in [2.45, 2.75) is 6.42 Å². The van der Waals surface area contributed by atoms with Crippen molar-refractivity contribution >= 4 is 17.5 Å². The highest BCUT2D eigenvalue weighted by molar-refractivity contribution is 6.04. The first-order chi connectivity index (χ1) is 13.2. The van der Waals surface area contributed by atoms with Gasteiger partial charge in [0.25, 0.3) is 11.8 Å². The van der Waals surface area contributed by atoms with Gasteiger partial charge in [0.1, 0.15) is 0 Å². The zero-order chi connectivity index (χ0) is 19.5. The SMILES string of the molecule is COCCCNC(=O)c1ccccc1NC(=O)COc1ccccc1OC. The van der Waals surface area contributed by atoms with Gasteiger partial charge in [-0.15, -0.1) is 0 Å². The molecule has 0 unspecified atom stereocenters. The third-order valence-corrected chi connectivity index (χ3v) is 3.68. The molecule has 2 amide bonds. The number of anilines is 1. The van der Waals surface area contributed by atoms with E-state index in [2.05, 4.69) is 10.6 Å². The van der Waals surface area contributed by atoms with Crippen LogP contribution in [-0.4, -0.2) is 45.8 Å². The minimum absolute atomic E-state index is 0.204. The van der Waals surface area contributed by atoms with Crippen molar-refractivity contribution < 1.29 is 23.8 Å². The first-order valence-corrected chi connectivity index (χ1v) is 8.57. The number of ether oxygens (including phenoxy) is 3. The van der Waals surface area contributed by atoms with Crippen molar-refractivity contribution in [1.82, 2.24) is 5.32 Å². The lowest BCUT2D eigenvalue weighted by Crippen LogP contribution is -2.27. The lowest BCUT2D eigenvalue weighted by molar-refractivity contribution is -0.118. The van der Waals surface area contributed by atoms with Crippen LogP contribution in [0, 0.1) is 0 Å². The molecule has 0 spiro atoms. The number of para-hydroxylation sites is 3. The molecule has 7 nitrogen and oxygen atoms in total. The summed E-state index contributed by atoms with van der Waals surface area (Å²) >= 11 is 0. The molecule has 0 saturated heterocycles. The smallest absolute Gasteiger partial charge is 0.262 e. The Balaban J connectivity index is 1.94. The van der Waals surface area contributed by atoms with Gasteiger partial charge in [0.05, 0.1) is 18.4 Å². The number of carbonyl (C=O) groups is 2. The molecule has 2 aromatic rings. The van der Waals surface area contributed by atoms with Gasteiger partial charge >= 0.3 is 0 Å². The molecule has 0 atom stereocenters. The molecule has 2 rings (SSSR count). The van der Waals surface area contributed by atoms with Crippen LogP contribution in [0.15, 0.2) is 48.5 Å². The molecule has 0 aliphatic heterocycles. The largest absolute Gasteiger partial charge is 0.493 e. The fourth-order valence-corrected chi connectivity index (χ4v) is 2.37. The molecule has 0 aromatic heterocycles. The Morgan fingerprint density at radius 1 is 0.963 bits per heavy atom. The third kappa shape index (κ3) is 6.31. The summed E-state index contributed by atoms with van der Waals surface area (Å²) < 4.78 is 15.6. The zero-order valence-corrected chi connectivity index (χ0v) is 15.5. The number of methoxy groups -OCH3 is 2. The topological polar surface area (TPSA) is 85.9 Å². The molecule has 0 fully saturated rings. The summed E-state index contributed by atoms with van der Waals surface area (Å²) in [6.45, 7) is 0.856. The van der Waals surface area contributed by atoms with Gasteiger partial charge < -0.3 is 24.8 Å². The first-order valence-electron chi connectivity index (χ1n) is 8.57. The van der Waals surface area contributed by atoms with Crippen LogP contribution >= 0.6 is 0 Å². The van der Waals surface area contributed by atoms with Gasteiger partial charge in [-0.05, 0) is 30.7 Å². The van der Waals surface area contributed by atoms with E-state index in [0.717, 1.165) is 0 Å². The molecule has 7 heteroatoms. The molecule has 144 valence electrons. The number of hydrogen-bond acceptors (Lipinski definition) is 5. The Kier molecular flexibility index (Phi) is 8.12. The highest BCUT2D eigenvalue weighted by Gasteiger charge is 2.13. The highest BCUT2D eigenvalue weighted by Crippen LogP contribution is 2.25. The van der Waals surface area contributed by atoms with Crippen LogP contribution in [0.1, 0.15) is 16.8 Å². The van der Waals surface area contributed by atoms with Crippen molar-refractivity contribution in [3.63, 3.8) is 0 Å². The standard InChI is InChI=1S/C20H24N2O5/c1-25-13-7-12-21-20(24)15-8-3-4-9-16(15)22-19(23)14-27-18-11-6-5-10-17(18)26-2/h3-6,8-11H,7,12-14H2,1-2H3,(H,21,24)(H,22,23). The van der Waals surface area contributed by atoms with Crippen LogP contribution < -0.4 is 20.1 Å². The predicted octanol–water partition coefficient (Wildman–Crippen LogP) is 2.48. The molecule has 0 radical (unpaired) electrons. The van der Waals surface area contributed by atoms with Crippen LogP contribution in [0.25, 0.3) is 0 Å². The van der Waals surface area contributed by atoms with Crippen molar-refractivity contribution in [3.8, 4) is 11.5 Å². The fraction of sp³-hybridized carbons (Fsp3) is 0.300. The highest BCUT2D eigenvalue weighted by atomic mass is 16.5. The lowest BCUT2D eigenvalue weighted by atomic mass is 10.1. The lowest BCUT2D eigenvalue weighted by Gasteiger charge is -2.13. The second kappa shape index (κ2) is 10.8. The molecule has 2 N–H and O–H groups in total. The Labute approximate surface area is 158 Å². The van der Waals surface area contributed by atoms with E-state index in [9.17, 15) is 9.59 Å². The van der Waals surface area contributed by atoms with Gasteiger partial charge in [-0.1, -0.05) is 24.3 Å². The number of amides is 2. The monoisotopic (exact) mass is 372 g/mol. The van der Waals surface area contributed by atoms with E-state index in [0.29, 0.717) is 42.3 Å². The van der Waals surface area contributed by atoms with Crippen LogP contribution in [0.4, 0.5) is 5.69 Å². The predicted molar refractivity (Wildman–Crippen MR) is 102 cm³/mol. The average molecular weight is 372 g/mol. The minimum Gasteiger partial charge on any atom is -0.493 e. The van der Waals surface area contributed by atoms with E-state index in [1.807, 2.05) is 6.07 Å². The van der Waals surface area contributed by atoms with Crippen molar-refractivity contribution in [3.05, 3.63) is 54.1 Å². The van der Waals surface area contributed by atoms with E-state index in [1.54, 1.807) is 49.6 Å². The van der Waals surface area contributed by atoms with Crippen LogP contribution in [-0.2, 0) is 9.53 Å². The van der Waals surface area contributed by atoms with Gasteiger partial charge in [0, 0.05) is 20.3 Å².